The number of amides is 3. The summed E-state index contributed by atoms with van der Waals surface area (Å²) in [7, 11) is 0. The summed E-state index contributed by atoms with van der Waals surface area (Å²) in [6.07, 6.45) is 0. The number of benzene rings is 2. The molecule has 1 aromatic heterocycles. The first kappa shape index (κ1) is 31.6. The summed E-state index contributed by atoms with van der Waals surface area (Å²) in [4.78, 5) is 48.8. The number of carbonyl (C=O) groups excluding carboxylic acids is 2. The minimum absolute atomic E-state index is 0.0151. The second kappa shape index (κ2) is 14.4. The fourth-order valence-corrected chi connectivity index (χ4v) is 5.86. The van der Waals surface area contributed by atoms with Crippen LogP contribution in [-0.4, -0.2) is 121 Å². The van der Waals surface area contributed by atoms with Gasteiger partial charge in [-0.3, -0.25) is 9.69 Å². The van der Waals surface area contributed by atoms with Crippen molar-refractivity contribution in [2.24, 2.45) is 0 Å². The van der Waals surface area contributed by atoms with Crippen molar-refractivity contribution in [2.75, 3.05) is 92.7 Å². The number of rotatable bonds is 7. The van der Waals surface area contributed by atoms with E-state index in [1.165, 1.54) is 0 Å². The molecule has 3 saturated heterocycles. The maximum Gasteiger partial charge on any atom is 0.323 e. The number of ether oxygens (including phenoxy) is 2. The van der Waals surface area contributed by atoms with Crippen LogP contribution in [0.25, 0.3) is 11.4 Å². The Labute approximate surface area is 269 Å². The van der Waals surface area contributed by atoms with Crippen LogP contribution in [0.1, 0.15) is 31.1 Å². The SMILES string of the molecule is CC(C)N1CCN(C(=O)c2ccc(NC(=O)Nc3ccc(-c4nc(N5CCOCC5)nc(N5CCOC[C@@H]5C)n4)cc3)cc2)CC1. The largest absolute Gasteiger partial charge is 0.378 e. The molecular weight excluding hydrogens is 586 g/mol. The highest BCUT2D eigenvalue weighted by Gasteiger charge is 2.26. The molecule has 13 nitrogen and oxygen atoms in total. The van der Waals surface area contributed by atoms with E-state index in [1.807, 2.05) is 29.2 Å². The van der Waals surface area contributed by atoms with Gasteiger partial charge in [-0.15, -0.1) is 0 Å². The van der Waals surface area contributed by atoms with E-state index in [0.717, 1.165) is 31.7 Å². The molecule has 3 fully saturated rings. The number of piperazine rings is 1. The van der Waals surface area contributed by atoms with Crippen LogP contribution >= 0.6 is 0 Å². The molecule has 1 atom stereocenters. The minimum atomic E-state index is -0.380. The molecule has 4 heterocycles. The number of anilines is 4. The molecule has 3 aromatic rings. The van der Waals surface area contributed by atoms with Crippen molar-refractivity contribution in [1.29, 1.82) is 0 Å². The predicted octanol–water partition coefficient (Wildman–Crippen LogP) is 3.41. The highest BCUT2D eigenvalue weighted by Crippen LogP contribution is 2.25. The number of aromatic nitrogens is 3. The van der Waals surface area contributed by atoms with E-state index >= 15 is 0 Å². The number of carbonyl (C=O) groups is 2. The van der Waals surface area contributed by atoms with Gasteiger partial charge in [-0.05, 0) is 69.3 Å². The molecule has 0 spiro atoms. The van der Waals surface area contributed by atoms with E-state index in [4.69, 9.17) is 24.4 Å². The van der Waals surface area contributed by atoms with E-state index in [-0.39, 0.29) is 18.0 Å². The third-order valence-electron chi connectivity index (χ3n) is 8.65. The topological polar surface area (TPSA) is 128 Å². The summed E-state index contributed by atoms with van der Waals surface area (Å²) in [5.41, 5.74) is 2.65. The van der Waals surface area contributed by atoms with Crippen LogP contribution in [0.15, 0.2) is 48.5 Å². The first-order valence-electron chi connectivity index (χ1n) is 16.1. The Kier molecular flexibility index (Phi) is 9.91. The van der Waals surface area contributed by atoms with Gasteiger partial charge in [0, 0.05) is 74.4 Å². The molecule has 13 heteroatoms. The molecular formula is C33H43N9O4. The quantitative estimate of drug-likeness (QED) is 0.401. The molecule has 2 aromatic carbocycles. The Morgan fingerprint density at radius 2 is 1.37 bits per heavy atom. The minimum Gasteiger partial charge on any atom is -0.378 e. The molecule has 0 unspecified atom stereocenters. The Hall–Kier alpha value is -4.33. The summed E-state index contributed by atoms with van der Waals surface area (Å²) < 4.78 is 11.2. The van der Waals surface area contributed by atoms with Crippen LogP contribution in [0, 0.1) is 0 Å². The monoisotopic (exact) mass is 629 g/mol. The maximum absolute atomic E-state index is 13.0. The zero-order valence-corrected chi connectivity index (χ0v) is 26.8. The summed E-state index contributed by atoms with van der Waals surface area (Å²) in [5, 5.41) is 5.72. The second-order valence-corrected chi connectivity index (χ2v) is 12.1. The first-order valence-corrected chi connectivity index (χ1v) is 16.1. The number of morpholine rings is 2. The lowest BCUT2D eigenvalue weighted by molar-refractivity contribution is 0.0595. The number of urea groups is 1. The van der Waals surface area contributed by atoms with Crippen molar-refractivity contribution in [2.45, 2.75) is 32.9 Å². The van der Waals surface area contributed by atoms with E-state index in [9.17, 15) is 9.59 Å². The highest BCUT2D eigenvalue weighted by molar-refractivity contribution is 6.00. The van der Waals surface area contributed by atoms with Gasteiger partial charge in [0.15, 0.2) is 5.82 Å². The zero-order chi connectivity index (χ0) is 32.0. The molecule has 3 aliphatic heterocycles. The van der Waals surface area contributed by atoms with Crippen LogP contribution in [-0.2, 0) is 9.47 Å². The average Bonchev–Trinajstić information content (AvgIpc) is 3.09. The first-order chi connectivity index (χ1) is 22.3. The summed E-state index contributed by atoms with van der Waals surface area (Å²) >= 11 is 0. The Morgan fingerprint density at radius 1 is 0.761 bits per heavy atom. The Morgan fingerprint density at radius 3 is 2.00 bits per heavy atom. The van der Waals surface area contributed by atoms with Crippen molar-refractivity contribution in [3.8, 4) is 11.4 Å². The standard InChI is InChI=1S/C33H43N9O4/c1-23(2)39-12-14-40(15-13-39)30(43)26-6-10-28(11-7-26)35-33(44)34-27-8-4-25(5-9-27)29-36-31(41-16-19-45-20-17-41)38-32(37-29)42-18-21-46-22-24(42)3/h4-11,23-24H,12-22H2,1-3H3,(H2,34,35,44)/t24-/m0/s1. The van der Waals surface area contributed by atoms with Gasteiger partial charge >= 0.3 is 6.03 Å². The van der Waals surface area contributed by atoms with Crippen LogP contribution < -0.4 is 20.4 Å². The number of nitrogens with zero attached hydrogens (tertiary/aromatic N) is 7. The lowest BCUT2D eigenvalue weighted by Crippen LogP contribution is -2.50. The van der Waals surface area contributed by atoms with E-state index in [2.05, 4.69) is 46.1 Å². The molecule has 2 N–H and O–H groups in total. The van der Waals surface area contributed by atoms with E-state index < -0.39 is 0 Å². The lowest BCUT2D eigenvalue weighted by atomic mass is 10.1. The number of hydrogen-bond donors (Lipinski definition) is 2. The molecule has 6 rings (SSSR count). The van der Waals surface area contributed by atoms with Gasteiger partial charge in [0.2, 0.25) is 11.9 Å². The van der Waals surface area contributed by atoms with Crippen molar-refractivity contribution < 1.29 is 19.1 Å². The van der Waals surface area contributed by atoms with Crippen LogP contribution in [0.5, 0.6) is 0 Å². The second-order valence-electron chi connectivity index (χ2n) is 12.1. The van der Waals surface area contributed by atoms with Gasteiger partial charge in [-0.25, -0.2) is 4.79 Å². The van der Waals surface area contributed by atoms with Gasteiger partial charge in [-0.1, -0.05) is 0 Å². The van der Waals surface area contributed by atoms with E-state index in [0.29, 0.717) is 86.8 Å². The smallest absolute Gasteiger partial charge is 0.323 e. The third-order valence-corrected chi connectivity index (χ3v) is 8.65. The summed E-state index contributed by atoms with van der Waals surface area (Å²) in [6, 6.07) is 14.7. The molecule has 46 heavy (non-hydrogen) atoms. The van der Waals surface area contributed by atoms with Crippen molar-refractivity contribution in [3.63, 3.8) is 0 Å². The van der Waals surface area contributed by atoms with Gasteiger partial charge in [-0.2, -0.15) is 15.0 Å². The van der Waals surface area contributed by atoms with Gasteiger partial charge in [0.05, 0.1) is 32.5 Å². The molecule has 244 valence electrons. The fourth-order valence-electron chi connectivity index (χ4n) is 5.86. The normalized spacial score (nSPS) is 19.3. The Balaban J connectivity index is 1.09. The van der Waals surface area contributed by atoms with Gasteiger partial charge in [0.25, 0.3) is 5.91 Å². The highest BCUT2D eigenvalue weighted by atomic mass is 16.5. The van der Waals surface area contributed by atoms with Crippen molar-refractivity contribution in [3.05, 3.63) is 54.1 Å². The summed E-state index contributed by atoms with van der Waals surface area (Å²) in [6.45, 7) is 14.3. The molecule has 0 bridgehead atoms. The number of nitrogens with one attached hydrogen (secondary N) is 2. The summed E-state index contributed by atoms with van der Waals surface area (Å²) in [5.74, 6) is 1.84. The molecule has 0 saturated carbocycles. The van der Waals surface area contributed by atoms with E-state index in [1.54, 1.807) is 24.3 Å². The fraction of sp³-hybridized carbons (Fsp3) is 0.485. The van der Waals surface area contributed by atoms with Gasteiger partial charge in [0.1, 0.15) is 0 Å². The number of hydrogen-bond acceptors (Lipinski definition) is 10. The van der Waals surface area contributed by atoms with Crippen molar-refractivity contribution >= 4 is 35.2 Å². The molecule has 0 radical (unpaired) electrons. The average molecular weight is 630 g/mol. The lowest BCUT2D eigenvalue weighted by Gasteiger charge is -2.37. The Bertz CT molecular complexity index is 1490. The molecule has 3 amide bonds. The zero-order valence-electron chi connectivity index (χ0n) is 26.8. The van der Waals surface area contributed by atoms with Gasteiger partial charge < -0.3 is 34.8 Å². The van der Waals surface area contributed by atoms with Crippen LogP contribution in [0.3, 0.4) is 0 Å². The van der Waals surface area contributed by atoms with Crippen LogP contribution in [0.2, 0.25) is 0 Å². The molecule has 0 aliphatic carbocycles. The maximum atomic E-state index is 13.0. The van der Waals surface area contributed by atoms with Crippen LogP contribution in [0.4, 0.5) is 28.1 Å². The third kappa shape index (κ3) is 7.54. The van der Waals surface area contributed by atoms with Crippen molar-refractivity contribution in [1.82, 2.24) is 24.8 Å². The predicted molar refractivity (Wildman–Crippen MR) is 178 cm³/mol. The molecule has 3 aliphatic rings.